The third-order valence-corrected chi connectivity index (χ3v) is 13.6. The van der Waals surface area contributed by atoms with E-state index in [1.165, 1.54) is 18.1 Å². The van der Waals surface area contributed by atoms with Crippen LogP contribution < -0.4 is 5.32 Å². The maximum Gasteiger partial charge on any atom is 0.407 e. The second-order valence-corrected chi connectivity index (χ2v) is 20.5. The smallest absolute Gasteiger partial charge is 0.407 e. The number of hydrogen-bond donors (Lipinski definition) is 1. The number of carbonyl (C=O) groups excluding carboxylic acids is 1. The summed E-state index contributed by atoms with van der Waals surface area (Å²) in [6.07, 6.45) is 5.61. The van der Waals surface area contributed by atoms with Gasteiger partial charge in [0.2, 0.25) is 0 Å². The summed E-state index contributed by atoms with van der Waals surface area (Å²) in [5, 5.41) is 2.97. The van der Waals surface area contributed by atoms with Crippen LogP contribution in [-0.2, 0) is 16.2 Å². The van der Waals surface area contributed by atoms with E-state index < -0.39 is 16.1 Å². The van der Waals surface area contributed by atoms with E-state index in [1.54, 1.807) is 12.3 Å². The van der Waals surface area contributed by atoms with Gasteiger partial charge in [0.25, 0.3) is 0 Å². The summed E-state index contributed by atoms with van der Waals surface area (Å²) in [7, 11) is -2.40. The van der Waals surface area contributed by atoms with E-state index in [4.69, 9.17) is 9.47 Å². The zero-order valence-electron chi connectivity index (χ0n) is 20.0. The number of nitrogens with zero attached hydrogens (tertiary/aromatic N) is 2. The molecule has 1 aromatic heterocycles. The van der Waals surface area contributed by atoms with Gasteiger partial charge in [0.1, 0.15) is 12.6 Å². The molecule has 30 heavy (non-hydrogen) atoms. The van der Waals surface area contributed by atoms with E-state index in [0.717, 1.165) is 24.5 Å². The SMILES string of the molecule is C=CCC(NC(=O)OCC[Si](CC)(CC)CC)c1nccn1COCC[Si](C)(C)C. The van der Waals surface area contributed by atoms with Crippen LogP contribution in [0.25, 0.3) is 0 Å². The van der Waals surface area contributed by atoms with Crippen LogP contribution in [0.5, 0.6) is 0 Å². The Morgan fingerprint density at radius 3 is 2.43 bits per heavy atom. The fraction of sp³-hybridized carbons (Fsp3) is 0.727. The van der Waals surface area contributed by atoms with Gasteiger partial charge in [-0.05, 0) is 18.5 Å². The van der Waals surface area contributed by atoms with E-state index in [-0.39, 0.29) is 12.1 Å². The fourth-order valence-corrected chi connectivity index (χ4v) is 7.35. The zero-order valence-corrected chi connectivity index (χ0v) is 22.0. The highest BCUT2D eigenvalue weighted by molar-refractivity contribution is 6.79. The van der Waals surface area contributed by atoms with Gasteiger partial charge in [-0.3, -0.25) is 0 Å². The second-order valence-electron chi connectivity index (χ2n) is 9.27. The molecule has 0 aromatic carbocycles. The Labute approximate surface area is 185 Å². The highest BCUT2D eigenvalue weighted by Gasteiger charge is 2.27. The van der Waals surface area contributed by atoms with E-state index in [9.17, 15) is 4.79 Å². The van der Waals surface area contributed by atoms with Gasteiger partial charge in [-0.2, -0.15) is 0 Å². The van der Waals surface area contributed by atoms with Crippen LogP contribution in [0.1, 0.15) is 39.1 Å². The van der Waals surface area contributed by atoms with Gasteiger partial charge >= 0.3 is 6.09 Å². The molecule has 172 valence electrons. The average molecular weight is 454 g/mol. The number of hydrogen-bond acceptors (Lipinski definition) is 4. The topological polar surface area (TPSA) is 65.4 Å². The average Bonchev–Trinajstić information content (AvgIpc) is 3.16. The Hall–Kier alpha value is -1.39. The molecule has 0 saturated carbocycles. The molecule has 0 spiro atoms. The maximum atomic E-state index is 12.4. The quantitative estimate of drug-likeness (QED) is 0.199. The normalized spacial score (nSPS) is 13.1. The van der Waals surface area contributed by atoms with Crippen molar-refractivity contribution in [3.05, 3.63) is 30.9 Å². The van der Waals surface area contributed by atoms with Crippen LogP contribution >= 0.6 is 0 Å². The van der Waals surface area contributed by atoms with Crippen molar-refractivity contribution < 1.29 is 14.3 Å². The largest absolute Gasteiger partial charge is 0.450 e. The van der Waals surface area contributed by atoms with Crippen molar-refractivity contribution >= 4 is 22.2 Å². The van der Waals surface area contributed by atoms with Gasteiger partial charge in [0, 0.05) is 27.1 Å². The maximum absolute atomic E-state index is 12.4. The van der Waals surface area contributed by atoms with Crippen molar-refractivity contribution in [2.75, 3.05) is 13.2 Å². The molecule has 1 amide bonds. The van der Waals surface area contributed by atoms with Crippen molar-refractivity contribution in [3.63, 3.8) is 0 Å². The standard InChI is InChI=1S/C22H43N3O3Si2/c1-8-12-20(24-22(26)28-16-18-30(9-2,10-3)11-4)21-23-13-14-25(21)19-27-15-17-29(5,6)7/h8,13-14,20H,1,9-12,15-19H2,2-7H3,(H,24,26). The number of imidazole rings is 1. The van der Waals surface area contributed by atoms with Crippen LogP contribution in [-0.4, -0.2) is 45.0 Å². The van der Waals surface area contributed by atoms with Gasteiger partial charge in [-0.15, -0.1) is 6.58 Å². The molecule has 1 N–H and O–H groups in total. The third kappa shape index (κ3) is 9.18. The third-order valence-electron chi connectivity index (χ3n) is 6.10. The lowest BCUT2D eigenvalue weighted by Crippen LogP contribution is -2.35. The van der Waals surface area contributed by atoms with Crippen LogP contribution in [0.2, 0.25) is 49.9 Å². The minimum Gasteiger partial charge on any atom is -0.450 e. The molecular formula is C22H43N3O3Si2. The Kier molecular flexibility index (Phi) is 11.7. The van der Waals surface area contributed by atoms with E-state index in [1.807, 2.05) is 10.8 Å². The number of alkyl carbamates (subject to hydrolysis) is 1. The first-order chi connectivity index (χ1) is 14.2. The lowest BCUT2D eigenvalue weighted by Gasteiger charge is -2.27. The lowest BCUT2D eigenvalue weighted by atomic mass is 10.2. The molecule has 1 atom stereocenters. The van der Waals surface area contributed by atoms with Crippen molar-refractivity contribution in [1.29, 1.82) is 0 Å². The Bertz CT molecular complexity index is 632. The number of ether oxygens (including phenoxy) is 2. The predicted octanol–water partition coefficient (Wildman–Crippen LogP) is 6.05. The zero-order chi connectivity index (χ0) is 22.6. The highest BCUT2D eigenvalue weighted by Crippen LogP contribution is 2.25. The Morgan fingerprint density at radius 2 is 1.87 bits per heavy atom. The van der Waals surface area contributed by atoms with Gasteiger partial charge in [-0.1, -0.05) is 64.6 Å². The number of carbonyl (C=O) groups is 1. The van der Waals surface area contributed by atoms with Gasteiger partial charge in [0.05, 0.1) is 20.7 Å². The molecule has 0 radical (unpaired) electrons. The summed E-state index contributed by atoms with van der Waals surface area (Å²) in [5.41, 5.74) is 0. The van der Waals surface area contributed by atoms with Crippen molar-refractivity contribution in [2.45, 2.75) is 89.8 Å². The van der Waals surface area contributed by atoms with Gasteiger partial charge in [0.15, 0.2) is 0 Å². The molecule has 0 saturated heterocycles. The summed E-state index contributed by atoms with van der Waals surface area (Å²) in [5.74, 6) is 0.763. The first-order valence-electron chi connectivity index (χ1n) is 11.3. The van der Waals surface area contributed by atoms with E-state index in [2.05, 4.69) is 57.3 Å². The molecule has 0 bridgehead atoms. The molecule has 1 heterocycles. The molecular weight excluding hydrogens is 410 g/mol. The van der Waals surface area contributed by atoms with Crippen LogP contribution in [0.15, 0.2) is 25.0 Å². The Balaban J connectivity index is 2.62. The summed E-state index contributed by atoms with van der Waals surface area (Å²) in [6.45, 7) is 19.3. The predicted molar refractivity (Wildman–Crippen MR) is 130 cm³/mol. The molecule has 0 fully saturated rings. The molecule has 8 heteroatoms. The molecule has 6 nitrogen and oxygen atoms in total. The van der Waals surface area contributed by atoms with Crippen molar-refractivity contribution in [3.8, 4) is 0 Å². The summed E-state index contributed by atoms with van der Waals surface area (Å²) in [4.78, 5) is 16.9. The Morgan fingerprint density at radius 1 is 1.20 bits per heavy atom. The fourth-order valence-electron chi connectivity index (χ4n) is 3.50. The molecule has 1 unspecified atom stereocenters. The highest BCUT2D eigenvalue weighted by atomic mass is 28.3. The first-order valence-corrected chi connectivity index (χ1v) is 17.9. The molecule has 1 rings (SSSR count). The summed E-state index contributed by atoms with van der Waals surface area (Å²) in [6, 6.07) is 5.57. The number of aromatic nitrogens is 2. The number of nitrogens with one attached hydrogen (secondary N) is 1. The second kappa shape index (κ2) is 13.1. The number of rotatable bonds is 15. The minimum atomic E-state index is -1.29. The molecule has 0 aliphatic heterocycles. The van der Waals surface area contributed by atoms with Gasteiger partial charge < -0.3 is 19.4 Å². The van der Waals surface area contributed by atoms with E-state index >= 15 is 0 Å². The molecule has 0 aliphatic carbocycles. The van der Waals surface area contributed by atoms with Gasteiger partial charge in [-0.25, -0.2) is 9.78 Å². The van der Waals surface area contributed by atoms with E-state index in [0.29, 0.717) is 19.8 Å². The summed E-state index contributed by atoms with van der Waals surface area (Å²) >= 11 is 0. The number of amides is 1. The van der Waals surface area contributed by atoms with Crippen molar-refractivity contribution in [2.24, 2.45) is 0 Å². The van der Waals surface area contributed by atoms with Crippen LogP contribution in [0.4, 0.5) is 4.79 Å². The van der Waals surface area contributed by atoms with Crippen LogP contribution in [0, 0.1) is 0 Å². The van der Waals surface area contributed by atoms with Crippen molar-refractivity contribution in [1.82, 2.24) is 14.9 Å². The molecule has 0 aliphatic rings. The summed E-state index contributed by atoms with van der Waals surface area (Å²) < 4.78 is 13.3. The van der Waals surface area contributed by atoms with Crippen LogP contribution in [0.3, 0.4) is 0 Å². The first kappa shape index (κ1) is 26.6. The lowest BCUT2D eigenvalue weighted by molar-refractivity contribution is 0.0834. The minimum absolute atomic E-state index is 0.281. The molecule has 1 aromatic rings. The monoisotopic (exact) mass is 453 g/mol.